The normalized spacial score (nSPS) is 13.8. The Hall–Kier alpha value is -4.37. The summed E-state index contributed by atoms with van der Waals surface area (Å²) in [5.74, 6) is -0.866. The van der Waals surface area contributed by atoms with Gasteiger partial charge in [0.15, 0.2) is 6.10 Å². The number of ether oxygens (including phenoxy) is 2. The van der Waals surface area contributed by atoms with E-state index in [0.717, 1.165) is 116 Å². The van der Waals surface area contributed by atoms with Crippen molar-refractivity contribution in [2.24, 2.45) is 5.73 Å². The Morgan fingerprint density at radius 2 is 0.591 bits per heavy atom. The lowest BCUT2D eigenvalue weighted by Gasteiger charge is -2.19. The molecule has 0 radical (unpaired) electrons. The molecule has 0 aliphatic rings. The molecule has 3 N–H and O–H groups in total. The second kappa shape index (κ2) is 76.6. The van der Waals surface area contributed by atoms with Crippen molar-refractivity contribution in [3.05, 3.63) is 158 Å². The van der Waals surface area contributed by atoms with Crippen LogP contribution in [-0.2, 0) is 32.7 Å². The molecule has 0 fully saturated rings. The van der Waals surface area contributed by atoms with Gasteiger partial charge in [-0.05, 0) is 128 Å². The van der Waals surface area contributed by atoms with Crippen molar-refractivity contribution < 1.29 is 37.6 Å². The van der Waals surface area contributed by atoms with E-state index in [0.29, 0.717) is 6.42 Å². The second-order valence-electron chi connectivity index (χ2n) is 24.8. The molecule has 2 atom stereocenters. The van der Waals surface area contributed by atoms with E-state index in [1.165, 1.54) is 173 Å². The van der Waals surface area contributed by atoms with Gasteiger partial charge >= 0.3 is 19.8 Å². The number of carbonyl (C=O) groups excluding carboxylic acids is 2. The van der Waals surface area contributed by atoms with Crippen molar-refractivity contribution in [2.45, 2.75) is 328 Å². The molecular weight excluding hydrogens is 1170 g/mol. The monoisotopic (exact) mass is 1310 g/mol. The number of carbonyl (C=O) groups is 2. The number of unbranched alkanes of at least 4 members (excludes halogenated alkanes) is 31. The Morgan fingerprint density at radius 3 is 0.892 bits per heavy atom. The molecule has 0 bridgehead atoms. The first kappa shape index (κ1) is 88.6. The first-order valence-corrected chi connectivity index (χ1v) is 39.5. The molecule has 93 heavy (non-hydrogen) atoms. The summed E-state index contributed by atoms with van der Waals surface area (Å²) in [6.07, 6.45) is 112. The number of allylic oxidation sites excluding steroid dienone is 26. The van der Waals surface area contributed by atoms with Crippen molar-refractivity contribution >= 4 is 19.8 Å². The number of rotatable bonds is 70. The standard InChI is InChI=1S/C83H140NO8P/c1-3-5-7-9-11-13-15-17-19-21-23-25-27-29-31-33-35-37-39-40-42-44-46-48-50-52-54-56-58-60-62-64-66-68-70-72-74-76-83(86)92-81(80-91-93(87,88)90-78-77-84)79-89-82(85)75-73-71-69-67-65-63-61-59-57-55-53-51-49-47-45-43-41-38-36-34-32-30-28-26-24-22-20-18-16-14-12-10-8-6-4-2/h5,7,11,13,16-19,22-25,29,31,35,37,40,42,46,48,52,54,58,60,64,66,81H,3-4,6,8-10,12,14-15,20-21,26-28,30,32-34,36,38-39,41,43-45,47,49-51,53,55-57,59,61-63,65,67-80,84H2,1-2H3,(H,87,88)/b7-5-,13-11-,18-16-,19-17-,24-22-,25-23-,31-29-,37-35-,42-40-,48-46-,54-52-,60-58-,66-64-. The maximum absolute atomic E-state index is 12.8. The van der Waals surface area contributed by atoms with Gasteiger partial charge in [0.05, 0.1) is 13.2 Å². The average molecular weight is 1310 g/mol. The number of phosphoric ester groups is 1. The van der Waals surface area contributed by atoms with Crippen LogP contribution in [0.2, 0.25) is 0 Å². The highest BCUT2D eigenvalue weighted by Crippen LogP contribution is 2.43. The molecule has 0 amide bonds. The SMILES string of the molecule is CC/C=C\C/C=C\C/C=C\C/C=C\C/C=C\C/C=C\C/C=C\C/C=C\C/C=C\C/C=C\C/C=C\CCCCCC(=O)OC(COC(=O)CCCCCCCCCCCCCCCCCCCCCCCCC/C=C\C/C=C\CCCCCCC)COP(=O)(O)OCCN. The fraction of sp³-hybridized carbons (Fsp3) is 0.663. The third-order valence-electron chi connectivity index (χ3n) is 15.9. The molecule has 10 heteroatoms. The average Bonchev–Trinajstić information content (AvgIpc) is 3.04. The van der Waals surface area contributed by atoms with Crippen LogP contribution >= 0.6 is 7.82 Å². The van der Waals surface area contributed by atoms with E-state index in [1.54, 1.807) is 0 Å². The summed E-state index contributed by atoms with van der Waals surface area (Å²) in [4.78, 5) is 35.4. The minimum Gasteiger partial charge on any atom is -0.462 e. The van der Waals surface area contributed by atoms with Crippen LogP contribution in [0.4, 0.5) is 0 Å². The van der Waals surface area contributed by atoms with E-state index in [2.05, 4.69) is 172 Å². The van der Waals surface area contributed by atoms with Crippen LogP contribution in [0.3, 0.4) is 0 Å². The van der Waals surface area contributed by atoms with Crippen molar-refractivity contribution in [1.29, 1.82) is 0 Å². The summed E-state index contributed by atoms with van der Waals surface area (Å²) < 4.78 is 33.2. The van der Waals surface area contributed by atoms with E-state index < -0.39 is 32.5 Å². The molecule has 0 aliphatic carbocycles. The van der Waals surface area contributed by atoms with Gasteiger partial charge in [0, 0.05) is 19.4 Å². The van der Waals surface area contributed by atoms with Crippen LogP contribution in [0.25, 0.3) is 0 Å². The van der Waals surface area contributed by atoms with E-state index in [9.17, 15) is 19.0 Å². The third-order valence-corrected chi connectivity index (χ3v) is 16.9. The van der Waals surface area contributed by atoms with E-state index in [-0.39, 0.29) is 32.6 Å². The van der Waals surface area contributed by atoms with Gasteiger partial charge in [-0.3, -0.25) is 18.6 Å². The van der Waals surface area contributed by atoms with Gasteiger partial charge in [0.1, 0.15) is 6.61 Å². The van der Waals surface area contributed by atoms with Crippen molar-refractivity contribution in [1.82, 2.24) is 0 Å². The molecule has 0 aromatic rings. The summed E-state index contributed by atoms with van der Waals surface area (Å²) in [5.41, 5.74) is 5.40. The smallest absolute Gasteiger partial charge is 0.462 e. The van der Waals surface area contributed by atoms with Crippen LogP contribution in [0.1, 0.15) is 322 Å². The van der Waals surface area contributed by atoms with Crippen LogP contribution in [0.15, 0.2) is 158 Å². The van der Waals surface area contributed by atoms with Crippen LogP contribution in [0, 0.1) is 0 Å². The lowest BCUT2D eigenvalue weighted by atomic mass is 10.0. The molecule has 0 saturated heterocycles. The largest absolute Gasteiger partial charge is 0.472 e. The Kier molecular flexibility index (Phi) is 73.0. The fourth-order valence-electron chi connectivity index (χ4n) is 10.3. The minimum atomic E-state index is -4.42. The summed E-state index contributed by atoms with van der Waals surface area (Å²) in [6.45, 7) is 3.60. The Labute approximate surface area is 572 Å². The molecule has 0 saturated carbocycles. The number of hydrogen-bond acceptors (Lipinski definition) is 8. The van der Waals surface area contributed by atoms with Crippen molar-refractivity contribution in [3.63, 3.8) is 0 Å². The Balaban J connectivity index is 3.95. The van der Waals surface area contributed by atoms with Gasteiger partial charge in [0.2, 0.25) is 0 Å². The Morgan fingerprint density at radius 1 is 0.333 bits per heavy atom. The molecule has 0 aromatic heterocycles. The summed E-state index contributed by atoms with van der Waals surface area (Å²) in [5, 5.41) is 0. The molecule has 0 aromatic carbocycles. The molecule has 0 heterocycles. The number of esters is 2. The highest BCUT2D eigenvalue weighted by Gasteiger charge is 2.26. The number of phosphoric acid groups is 1. The van der Waals surface area contributed by atoms with Gasteiger partial charge < -0.3 is 20.1 Å². The molecule has 530 valence electrons. The maximum Gasteiger partial charge on any atom is 0.472 e. The van der Waals surface area contributed by atoms with E-state index in [4.69, 9.17) is 24.3 Å². The first-order chi connectivity index (χ1) is 45.8. The predicted octanol–water partition coefficient (Wildman–Crippen LogP) is 25.5. The molecule has 9 nitrogen and oxygen atoms in total. The quantitative estimate of drug-likeness (QED) is 0.0264. The van der Waals surface area contributed by atoms with Crippen LogP contribution < -0.4 is 5.73 Å². The van der Waals surface area contributed by atoms with Gasteiger partial charge in [-0.2, -0.15) is 0 Å². The lowest BCUT2D eigenvalue weighted by Crippen LogP contribution is -2.29. The number of hydrogen-bond donors (Lipinski definition) is 2. The fourth-order valence-corrected chi connectivity index (χ4v) is 11.1. The van der Waals surface area contributed by atoms with Gasteiger partial charge in [0.25, 0.3) is 0 Å². The van der Waals surface area contributed by atoms with Crippen molar-refractivity contribution in [2.75, 3.05) is 26.4 Å². The Bertz CT molecular complexity index is 2090. The summed E-state index contributed by atoms with van der Waals surface area (Å²) in [7, 11) is -4.42. The van der Waals surface area contributed by atoms with Gasteiger partial charge in [-0.1, -0.05) is 339 Å². The topological polar surface area (TPSA) is 134 Å². The van der Waals surface area contributed by atoms with Gasteiger partial charge in [-0.15, -0.1) is 0 Å². The van der Waals surface area contributed by atoms with E-state index >= 15 is 0 Å². The molecular formula is C83H140NO8P. The molecule has 0 spiro atoms. The lowest BCUT2D eigenvalue weighted by molar-refractivity contribution is -0.161. The molecule has 0 rings (SSSR count). The van der Waals surface area contributed by atoms with E-state index in [1.807, 2.05) is 0 Å². The van der Waals surface area contributed by atoms with Crippen LogP contribution in [-0.4, -0.2) is 49.3 Å². The zero-order valence-corrected chi connectivity index (χ0v) is 60.6. The van der Waals surface area contributed by atoms with Gasteiger partial charge in [-0.25, -0.2) is 4.57 Å². The maximum atomic E-state index is 12.8. The second-order valence-corrected chi connectivity index (χ2v) is 26.2. The zero-order valence-electron chi connectivity index (χ0n) is 59.7. The first-order valence-electron chi connectivity index (χ1n) is 38.0. The molecule has 0 aliphatic heterocycles. The number of nitrogens with two attached hydrogens (primary N) is 1. The predicted molar refractivity (Wildman–Crippen MR) is 403 cm³/mol. The highest BCUT2D eigenvalue weighted by atomic mass is 31.2. The third kappa shape index (κ3) is 76.5. The highest BCUT2D eigenvalue weighted by molar-refractivity contribution is 7.47. The summed E-state index contributed by atoms with van der Waals surface area (Å²) >= 11 is 0. The minimum absolute atomic E-state index is 0.0410. The zero-order chi connectivity index (χ0) is 67.2. The molecule has 2 unspecified atom stereocenters. The van der Waals surface area contributed by atoms with Crippen molar-refractivity contribution in [3.8, 4) is 0 Å². The van der Waals surface area contributed by atoms with Crippen LogP contribution in [0.5, 0.6) is 0 Å². The summed E-state index contributed by atoms with van der Waals surface area (Å²) in [6, 6.07) is 0.